The summed E-state index contributed by atoms with van der Waals surface area (Å²) in [6.07, 6.45) is -0.600. The molecule has 0 heterocycles. The summed E-state index contributed by atoms with van der Waals surface area (Å²) in [5.41, 5.74) is 0. The number of ether oxygens (including phenoxy) is 1. The molecule has 0 aromatic heterocycles. The minimum atomic E-state index is -0.661. The van der Waals surface area contributed by atoms with E-state index in [1.807, 2.05) is 0 Å². The van der Waals surface area contributed by atoms with Crippen LogP contribution >= 0.6 is 0 Å². The van der Waals surface area contributed by atoms with Crippen LogP contribution in [0.4, 0.5) is 0 Å². The first-order chi connectivity index (χ1) is 8.13. The van der Waals surface area contributed by atoms with Crippen LogP contribution in [0.5, 0.6) is 0 Å². The van der Waals surface area contributed by atoms with E-state index in [4.69, 9.17) is 4.74 Å². The Morgan fingerprint density at radius 1 is 1.35 bits per heavy atom. The Balaban J connectivity index is 3.50. The third-order valence-electron chi connectivity index (χ3n) is 2.59. The second-order valence-corrected chi connectivity index (χ2v) is 3.89. The summed E-state index contributed by atoms with van der Waals surface area (Å²) in [5.74, 6) is -0.342. The molecule has 0 rings (SSSR count). The monoisotopic (exact) mass is 246 g/mol. The summed E-state index contributed by atoms with van der Waals surface area (Å²) >= 11 is 0. The van der Waals surface area contributed by atoms with Crippen molar-refractivity contribution in [3.05, 3.63) is 0 Å². The van der Waals surface area contributed by atoms with Gasteiger partial charge in [0.25, 0.3) is 0 Å². The van der Waals surface area contributed by atoms with Crippen molar-refractivity contribution in [2.75, 3.05) is 39.3 Å². The van der Waals surface area contributed by atoms with Crippen LogP contribution in [0.3, 0.4) is 0 Å². The third kappa shape index (κ3) is 9.09. The van der Waals surface area contributed by atoms with Crippen LogP contribution < -0.4 is 5.32 Å². The fraction of sp³-hybridized carbons (Fsp3) is 0.917. The molecule has 0 aromatic carbocycles. The molecular weight excluding hydrogens is 220 g/mol. The predicted molar refractivity (Wildman–Crippen MR) is 67.9 cm³/mol. The zero-order chi connectivity index (χ0) is 13.1. The van der Waals surface area contributed by atoms with Crippen LogP contribution in [-0.4, -0.2) is 61.4 Å². The number of esters is 1. The van der Waals surface area contributed by atoms with E-state index in [1.165, 1.54) is 0 Å². The van der Waals surface area contributed by atoms with Gasteiger partial charge in [-0.1, -0.05) is 13.8 Å². The lowest BCUT2D eigenvalue weighted by Gasteiger charge is -2.18. The molecule has 0 aliphatic carbocycles. The number of likely N-dealkylation sites (N-methyl/N-ethyl adjacent to an activating group) is 1. The van der Waals surface area contributed by atoms with E-state index in [1.54, 1.807) is 6.92 Å². The molecule has 0 bridgehead atoms. The van der Waals surface area contributed by atoms with Crippen LogP contribution in [0, 0.1) is 0 Å². The molecule has 102 valence electrons. The summed E-state index contributed by atoms with van der Waals surface area (Å²) in [4.78, 5) is 13.4. The molecule has 1 atom stereocenters. The maximum atomic E-state index is 11.1. The Kier molecular flexibility index (Phi) is 10.1. The van der Waals surface area contributed by atoms with E-state index in [0.717, 1.165) is 26.2 Å². The highest BCUT2D eigenvalue weighted by Gasteiger charge is 2.10. The van der Waals surface area contributed by atoms with Crippen molar-refractivity contribution in [3.8, 4) is 0 Å². The highest BCUT2D eigenvalue weighted by atomic mass is 16.5. The van der Waals surface area contributed by atoms with Crippen molar-refractivity contribution in [2.45, 2.75) is 33.3 Å². The number of nitrogens with zero attached hydrogens (tertiary/aromatic N) is 1. The van der Waals surface area contributed by atoms with E-state index in [-0.39, 0.29) is 12.4 Å². The van der Waals surface area contributed by atoms with Crippen molar-refractivity contribution in [3.63, 3.8) is 0 Å². The highest BCUT2D eigenvalue weighted by Crippen LogP contribution is 1.93. The minimum Gasteiger partial charge on any atom is -0.466 e. The van der Waals surface area contributed by atoms with Gasteiger partial charge in [-0.05, 0) is 20.0 Å². The molecule has 0 aromatic rings. The van der Waals surface area contributed by atoms with Gasteiger partial charge in [-0.15, -0.1) is 0 Å². The quantitative estimate of drug-likeness (QED) is 0.427. The first kappa shape index (κ1) is 16.4. The zero-order valence-electron chi connectivity index (χ0n) is 11.2. The Hall–Kier alpha value is -0.650. The number of aliphatic hydroxyl groups excluding tert-OH is 1. The maximum Gasteiger partial charge on any atom is 0.308 e. The van der Waals surface area contributed by atoms with Gasteiger partial charge in [0.05, 0.1) is 19.1 Å². The zero-order valence-corrected chi connectivity index (χ0v) is 11.2. The number of nitrogens with one attached hydrogen (secondary N) is 1. The number of aliphatic hydroxyl groups is 1. The molecule has 2 N–H and O–H groups in total. The van der Waals surface area contributed by atoms with Gasteiger partial charge in [0.2, 0.25) is 0 Å². The second-order valence-electron chi connectivity index (χ2n) is 3.89. The summed E-state index contributed by atoms with van der Waals surface area (Å²) in [6.45, 7) is 10.6. The Morgan fingerprint density at radius 3 is 2.53 bits per heavy atom. The van der Waals surface area contributed by atoms with Crippen LogP contribution in [0.25, 0.3) is 0 Å². The van der Waals surface area contributed by atoms with Gasteiger partial charge < -0.3 is 20.1 Å². The van der Waals surface area contributed by atoms with E-state index in [2.05, 4.69) is 24.1 Å². The Bertz CT molecular complexity index is 196. The molecule has 17 heavy (non-hydrogen) atoms. The minimum absolute atomic E-state index is 0.0616. The van der Waals surface area contributed by atoms with Gasteiger partial charge >= 0.3 is 5.97 Å². The van der Waals surface area contributed by atoms with Crippen LogP contribution in [0.1, 0.15) is 27.2 Å². The van der Waals surface area contributed by atoms with E-state index >= 15 is 0 Å². The number of carbonyl (C=O) groups excluding carboxylic acids is 1. The maximum absolute atomic E-state index is 11.1. The predicted octanol–water partition coefficient (Wildman–Crippen LogP) is 0.232. The molecule has 1 unspecified atom stereocenters. The largest absolute Gasteiger partial charge is 0.466 e. The number of rotatable bonds is 10. The van der Waals surface area contributed by atoms with Gasteiger partial charge in [0.15, 0.2) is 0 Å². The third-order valence-corrected chi connectivity index (χ3v) is 2.59. The summed E-state index contributed by atoms with van der Waals surface area (Å²) in [5, 5.41) is 12.7. The van der Waals surface area contributed by atoms with Crippen LogP contribution in [0.15, 0.2) is 0 Å². The Labute approximate surface area is 104 Å². The molecule has 0 radical (unpaired) electrons. The molecule has 0 aliphatic rings. The SMILES string of the molecule is CCOC(=O)CC(O)CNCCN(CC)CC. The van der Waals surface area contributed by atoms with E-state index in [9.17, 15) is 9.90 Å². The average Bonchev–Trinajstić information content (AvgIpc) is 2.29. The summed E-state index contributed by atoms with van der Waals surface area (Å²) < 4.78 is 4.76. The lowest BCUT2D eigenvalue weighted by atomic mass is 10.2. The molecule has 0 fully saturated rings. The molecule has 0 amide bonds. The average molecular weight is 246 g/mol. The van der Waals surface area contributed by atoms with Crippen molar-refractivity contribution in [1.29, 1.82) is 0 Å². The van der Waals surface area contributed by atoms with Gasteiger partial charge in [0, 0.05) is 19.6 Å². The molecule has 0 spiro atoms. The van der Waals surface area contributed by atoms with Gasteiger partial charge in [0.1, 0.15) is 0 Å². The smallest absolute Gasteiger partial charge is 0.308 e. The van der Waals surface area contributed by atoms with E-state index in [0.29, 0.717) is 13.2 Å². The highest BCUT2D eigenvalue weighted by molar-refractivity contribution is 5.69. The molecule has 5 nitrogen and oxygen atoms in total. The molecule has 0 saturated carbocycles. The van der Waals surface area contributed by atoms with Crippen molar-refractivity contribution in [1.82, 2.24) is 10.2 Å². The first-order valence-electron chi connectivity index (χ1n) is 6.40. The first-order valence-corrected chi connectivity index (χ1v) is 6.40. The fourth-order valence-electron chi connectivity index (χ4n) is 1.53. The van der Waals surface area contributed by atoms with Crippen molar-refractivity contribution < 1.29 is 14.6 Å². The normalized spacial score (nSPS) is 12.8. The van der Waals surface area contributed by atoms with Gasteiger partial charge in [-0.25, -0.2) is 0 Å². The van der Waals surface area contributed by atoms with Crippen molar-refractivity contribution in [2.24, 2.45) is 0 Å². The number of hydrogen-bond acceptors (Lipinski definition) is 5. The van der Waals surface area contributed by atoms with Crippen LogP contribution in [0.2, 0.25) is 0 Å². The second kappa shape index (κ2) is 10.5. The molecule has 5 heteroatoms. The topological polar surface area (TPSA) is 61.8 Å². The van der Waals surface area contributed by atoms with Crippen molar-refractivity contribution >= 4 is 5.97 Å². The lowest BCUT2D eigenvalue weighted by Crippen LogP contribution is -2.36. The molecule has 0 saturated heterocycles. The number of carbonyl (C=O) groups is 1. The summed E-state index contributed by atoms with van der Waals surface area (Å²) in [6, 6.07) is 0. The Morgan fingerprint density at radius 2 is 2.00 bits per heavy atom. The van der Waals surface area contributed by atoms with Gasteiger partial charge in [-0.3, -0.25) is 4.79 Å². The standard InChI is InChI=1S/C12H26N2O3/c1-4-14(5-2)8-7-13-10-11(15)9-12(16)17-6-3/h11,13,15H,4-10H2,1-3H3. The molecular formula is C12H26N2O3. The summed E-state index contributed by atoms with van der Waals surface area (Å²) in [7, 11) is 0. The fourth-order valence-corrected chi connectivity index (χ4v) is 1.53. The lowest BCUT2D eigenvalue weighted by molar-refractivity contribution is -0.145. The molecule has 0 aliphatic heterocycles. The number of hydrogen-bond donors (Lipinski definition) is 2. The van der Waals surface area contributed by atoms with Crippen LogP contribution in [-0.2, 0) is 9.53 Å². The van der Waals surface area contributed by atoms with Gasteiger partial charge in [-0.2, -0.15) is 0 Å². The van der Waals surface area contributed by atoms with E-state index < -0.39 is 6.10 Å².